The Kier molecular flexibility index (Phi) is 3.47. The molecule has 2 rings (SSSR count). The van der Waals surface area contributed by atoms with Crippen LogP contribution in [0, 0.1) is 5.82 Å². The van der Waals surface area contributed by atoms with Gasteiger partial charge in [0.15, 0.2) is 0 Å². The molecule has 0 radical (unpaired) electrons. The van der Waals surface area contributed by atoms with Crippen LogP contribution in [0.4, 0.5) is 4.39 Å². The first-order chi connectivity index (χ1) is 7.75. The number of halogens is 1. The first-order valence-corrected chi connectivity index (χ1v) is 5.89. The molecule has 0 atom stereocenters. The van der Waals surface area contributed by atoms with Crippen molar-refractivity contribution in [1.82, 2.24) is 0 Å². The second kappa shape index (κ2) is 5.03. The van der Waals surface area contributed by atoms with Crippen LogP contribution < -0.4 is 0 Å². The van der Waals surface area contributed by atoms with E-state index in [4.69, 9.17) is 0 Å². The minimum absolute atomic E-state index is 0.127. The van der Waals surface area contributed by atoms with Gasteiger partial charge >= 0.3 is 0 Å². The summed E-state index contributed by atoms with van der Waals surface area (Å²) in [6.07, 6.45) is 0. The van der Waals surface area contributed by atoms with Crippen LogP contribution in [0.1, 0.15) is 5.56 Å². The molecule has 2 aromatic rings. The Morgan fingerprint density at radius 3 is 2.56 bits per heavy atom. The molecule has 16 heavy (non-hydrogen) atoms. The lowest BCUT2D eigenvalue weighted by atomic mass is 10.2. The number of phenols is 1. The van der Waals surface area contributed by atoms with Crippen molar-refractivity contribution in [2.24, 2.45) is 0 Å². The quantitative estimate of drug-likeness (QED) is 0.815. The zero-order valence-electron chi connectivity index (χ0n) is 8.56. The van der Waals surface area contributed by atoms with E-state index in [0.717, 1.165) is 11.3 Å². The Bertz CT molecular complexity index is 471. The van der Waals surface area contributed by atoms with Crippen molar-refractivity contribution < 1.29 is 9.50 Å². The van der Waals surface area contributed by atoms with Crippen molar-refractivity contribution in [1.29, 1.82) is 0 Å². The molecule has 0 bridgehead atoms. The molecule has 0 aliphatic rings. The Morgan fingerprint density at radius 1 is 1.06 bits per heavy atom. The molecule has 0 fully saturated rings. The number of phenolic OH excluding ortho intramolecular Hbond substituents is 1. The number of aromatic hydroxyl groups is 1. The Morgan fingerprint density at radius 2 is 1.81 bits per heavy atom. The van der Waals surface area contributed by atoms with Crippen LogP contribution in [0.5, 0.6) is 5.75 Å². The standard InChI is InChI=1S/C13H11FOS/c14-11-6-7-12(15)13(8-11)16-9-10-4-2-1-3-5-10/h1-8,15H,9H2. The zero-order chi connectivity index (χ0) is 11.4. The molecule has 82 valence electrons. The van der Waals surface area contributed by atoms with Crippen molar-refractivity contribution in [3.8, 4) is 5.75 Å². The Balaban J connectivity index is 2.08. The number of hydrogen-bond acceptors (Lipinski definition) is 2. The third-order valence-electron chi connectivity index (χ3n) is 2.16. The van der Waals surface area contributed by atoms with Crippen LogP contribution in [0.25, 0.3) is 0 Å². The number of hydrogen-bond donors (Lipinski definition) is 1. The molecule has 0 unspecified atom stereocenters. The van der Waals surface area contributed by atoms with E-state index in [1.165, 1.54) is 30.0 Å². The second-order valence-corrected chi connectivity index (χ2v) is 4.40. The van der Waals surface area contributed by atoms with Gasteiger partial charge in [-0.1, -0.05) is 30.3 Å². The summed E-state index contributed by atoms with van der Waals surface area (Å²) in [5.41, 5.74) is 1.15. The normalized spacial score (nSPS) is 10.3. The van der Waals surface area contributed by atoms with E-state index < -0.39 is 0 Å². The highest BCUT2D eigenvalue weighted by Gasteiger charge is 2.03. The predicted molar refractivity (Wildman–Crippen MR) is 64.1 cm³/mol. The summed E-state index contributed by atoms with van der Waals surface area (Å²) in [7, 11) is 0. The molecular formula is C13H11FOS. The SMILES string of the molecule is Oc1ccc(F)cc1SCc1ccccc1. The number of rotatable bonds is 3. The Hall–Kier alpha value is -1.48. The van der Waals surface area contributed by atoms with Gasteiger partial charge in [0, 0.05) is 5.75 Å². The van der Waals surface area contributed by atoms with Crippen LogP contribution in [-0.2, 0) is 5.75 Å². The molecule has 3 heteroatoms. The fourth-order valence-electron chi connectivity index (χ4n) is 1.34. The van der Waals surface area contributed by atoms with Crippen LogP contribution in [0.15, 0.2) is 53.4 Å². The summed E-state index contributed by atoms with van der Waals surface area (Å²) in [6, 6.07) is 13.9. The summed E-state index contributed by atoms with van der Waals surface area (Å²) >= 11 is 1.42. The van der Waals surface area contributed by atoms with E-state index in [-0.39, 0.29) is 11.6 Å². The van der Waals surface area contributed by atoms with Gasteiger partial charge in [-0.05, 0) is 23.8 Å². The van der Waals surface area contributed by atoms with Crippen molar-refractivity contribution in [2.45, 2.75) is 10.6 Å². The smallest absolute Gasteiger partial charge is 0.129 e. The molecule has 0 aliphatic carbocycles. The highest BCUT2D eigenvalue weighted by molar-refractivity contribution is 7.98. The second-order valence-electron chi connectivity index (χ2n) is 3.39. The monoisotopic (exact) mass is 234 g/mol. The van der Waals surface area contributed by atoms with Crippen LogP contribution in [0.3, 0.4) is 0 Å². The van der Waals surface area contributed by atoms with E-state index in [2.05, 4.69) is 0 Å². The van der Waals surface area contributed by atoms with Gasteiger partial charge in [0.25, 0.3) is 0 Å². The zero-order valence-corrected chi connectivity index (χ0v) is 9.38. The van der Waals surface area contributed by atoms with Crippen molar-refractivity contribution in [3.63, 3.8) is 0 Å². The fourth-order valence-corrected chi connectivity index (χ4v) is 2.27. The highest BCUT2D eigenvalue weighted by atomic mass is 32.2. The third-order valence-corrected chi connectivity index (χ3v) is 3.27. The lowest BCUT2D eigenvalue weighted by molar-refractivity contribution is 0.459. The van der Waals surface area contributed by atoms with Crippen molar-refractivity contribution >= 4 is 11.8 Å². The molecular weight excluding hydrogens is 223 g/mol. The fraction of sp³-hybridized carbons (Fsp3) is 0.0769. The van der Waals surface area contributed by atoms with Gasteiger partial charge in [-0.3, -0.25) is 0 Å². The summed E-state index contributed by atoms with van der Waals surface area (Å²) in [6.45, 7) is 0. The summed E-state index contributed by atoms with van der Waals surface area (Å²) in [5, 5.41) is 9.53. The largest absolute Gasteiger partial charge is 0.507 e. The van der Waals surface area contributed by atoms with E-state index in [0.29, 0.717) is 4.90 Å². The van der Waals surface area contributed by atoms with Gasteiger partial charge in [0.2, 0.25) is 0 Å². The first-order valence-electron chi connectivity index (χ1n) is 4.91. The average molecular weight is 234 g/mol. The maximum atomic E-state index is 12.9. The molecule has 0 aromatic heterocycles. The highest BCUT2D eigenvalue weighted by Crippen LogP contribution is 2.31. The molecule has 0 saturated carbocycles. The van der Waals surface area contributed by atoms with E-state index in [1.807, 2.05) is 30.3 Å². The van der Waals surface area contributed by atoms with Crippen LogP contribution >= 0.6 is 11.8 Å². The van der Waals surface area contributed by atoms with Gasteiger partial charge in [-0.25, -0.2) is 4.39 Å². The molecule has 1 N–H and O–H groups in total. The molecule has 1 nitrogen and oxygen atoms in total. The van der Waals surface area contributed by atoms with Gasteiger partial charge in [0.05, 0.1) is 4.90 Å². The summed E-state index contributed by atoms with van der Waals surface area (Å²) in [4.78, 5) is 0.573. The van der Waals surface area contributed by atoms with E-state index in [9.17, 15) is 9.50 Å². The predicted octanol–water partition coefficient (Wildman–Crippen LogP) is 3.82. The molecule has 0 aliphatic heterocycles. The minimum Gasteiger partial charge on any atom is -0.507 e. The summed E-state index contributed by atoms with van der Waals surface area (Å²) < 4.78 is 12.9. The van der Waals surface area contributed by atoms with Gasteiger partial charge in [0.1, 0.15) is 11.6 Å². The van der Waals surface area contributed by atoms with Gasteiger partial charge in [-0.2, -0.15) is 0 Å². The van der Waals surface area contributed by atoms with Crippen molar-refractivity contribution in [2.75, 3.05) is 0 Å². The first kappa shape index (κ1) is 11.0. The molecule has 0 spiro atoms. The molecule has 0 amide bonds. The minimum atomic E-state index is -0.326. The third kappa shape index (κ3) is 2.76. The van der Waals surface area contributed by atoms with E-state index in [1.54, 1.807) is 0 Å². The molecule has 0 saturated heterocycles. The number of benzene rings is 2. The lowest BCUT2D eigenvalue weighted by Gasteiger charge is -2.04. The Labute approximate surface area is 97.9 Å². The maximum Gasteiger partial charge on any atom is 0.129 e. The molecule has 2 aromatic carbocycles. The van der Waals surface area contributed by atoms with Crippen molar-refractivity contribution in [3.05, 3.63) is 59.9 Å². The van der Waals surface area contributed by atoms with Crippen LogP contribution in [0.2, 0.25) is 0 Å². The van der Waals surface area contributed by atoms with E-state index >= 15 is 0 Å². The lowest BCUT2D eigenvalue weighted by Crippen LogP contribution is -1.81. The maximum absolute atomic E-state index is 12.9. The van der Waals surface area contributed by atoms with Gasteiger partial charge < -0.3 is 5.11 Å². The van der Waals surface area contributed by atoms with Crippen LogP contribution in [-0.4, -0.2) is 5.11 Å². The summed E-state index contributed by atoms with van der Waals surface area (Å²) in [5.74, 6) is 0.522. The molecule has 0 heterocycles. The number of thioether (sulfide) groups is 1. The van der Waals surface area contributed by atoms with Gasteiger partial charge in [-0.15, -0.1) is 11.8 Å². The average Bonchev–Trinajstić information content (AvgIpc) is 2.32. The topological polar surface area (TPSA) is 20.2 Å².